The normalized spacial score (nSPS) is 17.9. The summed E-state index contributed by atoms with van der Waals surface area (Å²) in [4.78, 5) is 17.4. The molecule has 2 N–H and O–H groups in total. The van der Waals surface area contributed by atoms with Gasteiger partial charge in [0, 0.05) is 5.88 Å². The molecular formula is C4H8Cl3O3P. The van der Waals surface area contributed by atoms with Crippen molar-refractivity contribution in [3.63, 3.8) is 0 Å². The molecule has 1 unspecified atom stereocenters. The van der Waals surface area contributed by atoms with Gasteiger partial charge in [-0.15, -0.1) is 34.8 Å². The van der Waals surface area contributed by atoms with Crippen molar-refractivity contribution in [2.45, 2.75) is 11.0 Å². The first-order valence-corrected chi connectivity index (χ1v) is 5.80. The Morgan fingerprint density at radius 1 is 1.36 bits per heavy atom. The molecule has 0 spiro atoms. The second-order valence-corrected chi connectivity index (χ2v) is 5.61. The topological polar surface area (TPSA) is 57.5 Å². The molecule has 0 heterocycles. The van der Waals surface area contributed by atoms with Crippen LogP contribution in [0.3, 0.4) is 0 Å². The Hall–Kier alpha value is 1.02. The van der Waals surface area contributed by atoms with Crippen LogP contribution in [0.2, 0.25) is 0 Å². The monoisotopic (exact) mass is 240 g/mol. The van der Waals surface area contributed by atoms with Gasteiger partial charge in [-0.1, -0.05) is 0 Å². The summed E-state index contributed by atoms with van der Waals surface area (Å²) in [5.74, 6) is -0.243. The molecule has 0 fully saturated rings. The molecule has 0 radical (unpaired) electrons. The summed E-state index contributed by atoms with van der Waals surface area (Å²) in [5, 5.41) is 0. The number of rotatable bonds is 4. The molecule has 0 aromatic rings. The third kappa shape index (κ3) is 3.10. The largest absolute Gasteiger partial charge is 0.347 e. The van der Waals surface area contributed by atoms with E-state index >= 15 is 0 Å². The summed E-state index contributed by atoms with van der Waals surface area (Å²) in [6, 6.07) is 0. The summed E-state index contributed by atoms with van der Waals surface area (Å²) < 4.78 is 9.00. The first-order valence-electron chi connectivity index (χ1n) is 2.74. The van der Waals surface area contributed by atoms with Crippen LogP contribution in [0.4, 0.5) is 0 Å². The molecule has 0 bridgehead atoms. The summed E-state index contributed by atoms with van der Waals surface area (Å²) >= 11 is 16.1. The van der Waals surface area contributed by atoms with Crippen LogP contribution in [-0.4, -0.2) is 26.2 Å². The van der Waals surface area contributed by atoms with E-state index in [0.717, 1.165) is 0 Å². The number of alkyl halides is 3. The van der Waals surface area contributed by atoms with Crippen LogP contribution in [0.15, 0.2) is 0 Å². The van der Waals surface area contributed by atoms with Gasteiger partial charge in [-0.3, -0.25) is 4.57 Å². The predicted molar refractivity (Wildman–Crippen MR) is 46.7 cm³/mol. The second-order valence-electron chi connectivity index (χ2n) is 2.03. The Bertz CT molecular complexity index is 170. The standard InChI is InChI=1S/C4H8Cl3O3P/c5-2-1-4(7,3-6)11(8,9)10/h1-3H2,(H2,8,9,10). The van der Waals surface area contributed by atoms with Crippen molar-refractivity contribution in [1.29, 1.82) is 0 Å². The van der Waals surface area contributed by atoms with Gasteiger partial charge in [-0.05, 0) is 6.42 Å². The van der Waals surface area contributed by atoms with Crippen LogP contribution in [0.25, 0.3) is 0 Å². The van der Waals surface area contributed by atoms with E-state index in [2.05, 4.69) is 0 Å². The lowest BCUT2D eigenvalue weighted by Gasteiger charge is -2.24. The van der Waals surface area contributed by atoms with Gasteiger partial charge >= 0.3 is 7.60 Å². The average Bonchev–Trinajstić information content (AvgIpc) is 1.86. The molecule has 0 aliphatic rings. The Balaban J connectivity index is 4.47. The van der Waals surface area contributed by atoms with Crippen LogP contribution in [0, 0.1) is 0 Å². The van der Waals surface area contributed by atoms with Gasteiger partial charge in [-0.25, -0.2) is 0 Å². The number of halogens is 3. The molecular weight excluding hydrogens is 233 g/mol. The summed E-state index contributed by atoms with van der Waals surface area (Å²) in [6.45, 7) is 0. The zero-order valence-corrected chi connectivity index (χ0v) is 8.67. The highest BCUT2D eigenvalue weighted by atomic mass is 35.5. The van der Waals surface area contributed by atoms with Gasteiger partial charge in [0.2, 0.25) is 0 Å². The smallest absolute Gasteiger partial charge is 0.323 e. The third-order valence-electron chi connectivity index (χ3n) is 1.20. The molecule has 68 valence electrons. The van der Waals surface area contributed by atoms with E-state index < -0.39 is 12.2 Å². The SMILES string of the molecule is O=P(O)(O)C(Cl)(CCl)CCCl. The minimum Gasteiger partial charge on any atom is -0.323 e. The van der Waals surface area contributed by atoms with E-state index in [9.17, 15) is 4.57 Å². The van der Waals surface area contributed by atoms with Gasteiger partial charge in [0.15, 0.2) is 4.62 Å². The molecule has 0 aliphatic heterocycles. The molecule has 0 aliphatic carbocycles. The molecule has 0 saturated heterocycles. The van der Waals surface area contributed by atoms with Crippen molar-refractivity contribution < 1.29 is 14.4 Å². The van der Waals surface area contributed by atoms with Crippen molar-refractivity contribution in [2.24, 2.45) is 0 Å². The molecule has 0 aromatic carbocycles. The highest BCUT2D eigenvalue weighted by Crippen LogP contribution is 2.55. The molecule has 0 aromatic heterocycles. The Kier molecular flexibility index (Phi) is 4.71. The van der Waals surface area contributed by atoms with Gasteiger partial charge in [0.25, 0.3) is 0 Å². The molecule has 7 heteroatoms. The maximum Gasteiger partial charge on any atom is 0.347 e. The van der Waals surface area contributed by atoms with Gasteiger partial charge < -0.3 is 9.79 Å². The van der Waals surface area contributed by atoms with Crippen LogP contribution >= 0.6 is 42.4 Å². The van der Waals surface area contributed by atoms with Crippen molar-refractivity contribution in [2.75, 3.05) is 11.8 Å². The highest BCUT2D eigenvalue weighted by Gasteiger charge is 2.43. The lowest BCUT2D eigenvalue weighted by atomic mass is 10.3. The predicted octanol–water partition coefficient (Wildman–Crippen LogP) is 1.97. The van der Waals surface area contributed by atoms with E-state index in [1.807, 2.05) is 0 Å². The van der Waals surface area contributed by atoms with Crippen molar-refractivity contribution in [3.05, 3.63) is 0 Å². The second kappa shape index (κ2) is 4.31. The number of hydrogen-bond donors (Lipinski definition) is 2. The van der Waals surface area contributed by atoms with Crippen LogP contribution in [0.1, 0.15) is 6.42 Å². The maximum absolute atomic E-state index is 10.7. The molecule has 1 atom stereocenters. The van der Waals surface area contributed by atoms with Crippen molar-refractivity contribution in [1.82, 2.24) is 0 Å². The zero-order chi connectivity index (χ0) is 9.12. The minimum absolute atomic E-state index is 0.0100. The highest BCUT2D eigenvalue weighted by molar-refractivity contribution is 7.56. The first-order chi connectivity index (χ1) is 4.87. The van der Waals surface area contributed by atoms with Gasteiger partial charge in [-0.2, -0.15) is 0 Å². The van der Waals surface area contributed by atoms with Crippen molar-refractivity contribution in [3.8, 4) is 0 Å². The molecule has 3 nitrogen and oxygen atoms in total. The fraction of sp³-hybridized carbons (Fsp3) is 1.00. The molecule has 11 heavy (non-hydrogen) atoms. The van der Waals surface area contributed by atoms with Gasteiger partial charge in [0.1, 0.15) is 0 Å². The van der Waals surface area contributed by atoms with E-state index in [1.54, 1.807) is 0 Å². The Morgan fingerprint density at radius 2 is 1.82 bits per heavy atom. The Morgan fingerprint density at radius 3 is 1.91 bits per heavy atom. The summed E-state index contributed by atoms with van der Waals surface area (Å²) in [5.41, 5.74) is 0. The average molecular weight is 241 g/mol. The zero-order valence-electron chi connectivity index (χ0n) is 5.51. The fourth-order valence-corrected chi connectivity index (χ4v) is 2.24. The molecule has 0 saturated carbocycles. The van der Waals surface area contributed by atoms with Crippen LogP contribution in [-0.2, 0) is 4.57 Å². The lowest BCUT2D eigenvalue weighted by molar-refractivity contribution is 0.352. The van der Waals surface area contributed by atoms with Crippen LogP contribution < -0.4 is 0 Å². The van der Waals surface area contributed by atoms with Crippen LogP contribution in [0.5, 0.6) is 0 Å². The van der Waals surface area contributed by atoms with E-state index in [1.165, 1.54) is 0 Å². The number of hydrogen-bond acceptors (Lipinski definition) is 1. The lowest BCUT2D eigenvalue weighted by Crippen LogP contribution is -2.24. The minimum atomic E-state index is -4.36. The fourth-order valence-electron chi connectivity index (χ4n) is 0.435. The Labute approximate surface area is 79.8 Å². The third-order valence-corrected chi connectivity index (χ3v) is 4.58. The maximum atomic E-state index is 10.7. The summed E-state index contributed by atoms with van der Waals surface area (Å²) in [7, 11) is -4.36. The quantitative estimate of drug-likeness (QED) is 0.584. The molecule has 0 rings (SSSR count). The van der Waals surface area contributed by atoms with E-state index in [4.69, 9.17) is 44.6 Å². The van der Waals surface area contributed by atoms with E-state index in [0.29, 0.717) is 0 Å². The van der Waals surface area contributed by atoms with Gasteiger partial charge in [0.05, 0.1) is 5.88 Å². The first kappa shape index (κ1) is 12.0. The van der Waals surface area contributed by atoms with E-state index in [-0.39, 0.29) is 18.2 Å². The molecule has 0 amide bonds. The van der Waals surface area contributed by atoms with Crippen molar-refractivity contribution >= 4 is 42.4 Å². The summed E-state index contributed by atoms with van der Waals surface area (Å²) in [6.07, 6.45) is -0.0100.